The third kappa shape index (κ3) is 4.10. The molecule has 8 aromatic rings. The van der Waals surface area contributed by atoms with Crippen molar-refractivity contribution in [3.63, 3.8) is 0 Å². The SMILES string of the molecule is C=CC.C=CC=C.c1ccc2c(c1)oc1c(-n3c4cc5sc6ccccc6c5cc4c4ncccc43)cccc12. The molecule has 0 aliphatic carbocycles. The van der Waals surface area contributed by atoms with Gasteiger partial charge in [-0.2, -0.15) is 0 Å². The van der Waals surface area contributed by atoms with Gasteiger partial charge in [0.2, 0.25) is 0 Å². The highest BCUT2D eigenvalue weighted by Crippen LogP contribution is 2.41. The van der Waals surface area contributed by atoms with Gasteiger partial charge in [0.25, 0.3) is 0 Å². The standard InChI is InChI=1S/C29H16N2OS.C4H6.C3H6/c1-3-12-25-17(7-1)19-9-5-10-23(29(19)32-25)31-22-11-6-14-30-28(22)21-15-20-18-8-2-4-13-26(18)33-27(20)16-24(21)31;1-3-4-2;1-3-2/h1-16H;3-4H,1-2H2;3H,1H2,2H3. The van der Waals surface area contributed by atoms with E-state index in [1.54, 1.807) is 18.2 Å². The summed E-state index contributed by atoms with van der Waals surface area (Å²) in [5, 5.41) is 6.02. The van der Waals surface area contributed by atoms with E-state index in [-0.39, 0.29) is 0 Å². The van der Waals surface area contributed by atoms with Crippen LogP contribution in [0.5, 0.6) is 0 Å². The van der Waals surface area contributed by atoms with Crippen LogP contribution in [0.4, 0.5) is 0 Å². The monoisotopic (exact) mass is 536 g/mol. The van der Waals surface area contributed by atoms with E-state index in [1.807, 2.05) is 42.7 Å². The average Bonchev–Trinajstić information content (AvgIpc) is 3.66. The Morgan fingerprint density at radius 3 is 2.23 bits per heavy atom. The van der Waals surface area contributed by atoms with Crippen molar-refractivity contribution in [3.05, 3.63) is 135 Å². The molecule has 4 aromatic carbocycles. The summed E-state index contributed by atoms with van der Waals surface area (Å²) in [7, 11) is 0. The molecule has 8 rings (SSSR count). The van der Waals surface area contributed by atoms with Crippen molar-refractivity contribution in [1.82, 2.24) is 9.55 Å². The number of aromatic nitrogens is 2. The molecule has 3 nitrogen and oxygen atoms in total. The van der Waals surface area contributed by atoms with Crippen molar-refractivity contribution in [2.24, 2.45) is 0 Å². The topological polar surface area (TPSA) is 31.0 Å². The van der Waals surface area contributed by atoms with Crippen LogP contribution in [0.2, 0.25) is 0 Å². The van der Waals surface area contributed by atoms with Crippen molar-refractivity contribution in [2.45, 2.75) is 6.92 Å². The Kier molecular flexibility index (Phi) is 6.77. The molecular weight excluding hydrogens is 508 g/mol. The van der Waals surface area contributed by atoms with Crippen molar-refractivity contribution in [3.8, 4) is 5.69 Å². The van der Waals surface area contributed by atoms with E-state index >= 15 is 0 Å². The van der Waals surface area contributed by atoms with Crippen LogP contribution in [0.3, 0.4) is 0 Å². The van der Waals surface area contributed by atoms with Gasteiger partial charge in [0.1, 0.15) is 5.58 Å². The zero-order valence-corrected chi connectivity index (χ0v) is 23.1. The van der Waals surface area contributed by atoms with Crippen LogP contribution in [0.1, 0.15) is 6.92 Å². The second kappa shape index (κ2) is 10.7. The second-order valence-electron chi connectivity index (χ2n) is 9.30. The minimum absolute atomic E-state index is 0.901. The Balaban J connectivity index is 0.000000376. The number of nitrogens with zero attached hydrogens (tertiary/aromatic N) is 2. The van der Waals surface area contributed by atoms with Crippen molar-refractivity contribution in [2.75, 3.05) is 0 Å². The fourth-order valence-corrected chi connectivity index (χ4v) is 6.34. The number of furan rings is 1. The Bertz CT molecular complexity index is 2190. The molecule has 194 valence electrons. The van der Waals surface area contributed by atoms with Gasteiger partial charge in [0.15, 0.2) is 5.58 Å². The Morgan fingerprint density at radius 2 is 1.43 bits per heavy atom. The van der Waals surface area contributed by atoms with Crippen molar-refractivity contribution < 1.29 is 4.42 Å². The van der Waals surface area contributed by atoms with Gasteiger partial charge in [-0.15, -0.1) is 17.9 Å². The van der Waals surface area contributed by atoms with E-state index in [1.165, 1.54) is 20.2 Å². The third-order valence-electron chi connectivity index (χ3n) is 6.81. The second-order valence-corrected chi connectivity index (χ2v) is 10.4. The van der Waals surface area contributed by atoms with E-state index in [9.17, 15) is 0 Å². The lowest BCUT2D eigenvalue weighted by Gasteiger charge is -2.08. The molecule has 40 heavy (non-hydrogen) atoms. The maximum Gasteiger partial charge on any atom is 0.159 e. The van der Waals surface area contributed by atoms with Crippen LogP contribution >= 0.6 is 11.3 Å². The molecule has 4 heterocycles. The largest absolute Gasteiger partial charge is 0.454 e. The number of benzene rings is 4. The smallest absolute Gasteiger partial charge is 0.159 e. The van der Waals surface area contributed by atoms with Gasteiger partial charge in [-0.1, -0.05) is 79.9 Å². The highest BCUT2D eigenvalue weighted by atomic mass is 32.1. The van der Waals surface area contributed by atoms with Crippen LogP contribution < -0.4 is 0 Å². The number of hydrogen-bond acceptors (Lipinski definition) is 3. The molecule has 0 aliphatic heterocycles. The molecule has 0 saturated carbocycles. The van der Waals surface area contributed by atoms with Crippen LogP contribution in [-0.2, 0) is 0 Å². The summed E-state index contributed by atoms with van der Waals surface area (Å²) >= 11 is 1.84. The number of hydrogen-bond donors (Lipinski definition) is 0. The lowest BCUT2D eigenvalue weighted by molar-refractivity contribution is 0.666. The lowest BCUT2D eigenvalue weighted by Crippen LogP contribution is -1.94. The summed E-state index contributed by atoms with van der Waals surface area (Å²) in [4.78, 5) is 4.80. The number of fused-ring (bicyclic) bond motifs is 9. The van der Waals surface area contributed by atoms with Crippen LogP contribution in [0.15, 0.2) is 140 Å². The molecule has 4 aromatic heterocycles. The van der Waals surface area contributed by atoms with Crippen molar-refractivity contribution in [1.29, 1.82) is 0 Å². The fourth-order valence-electron chi connectivity index (χ4n) is 5.22. The molecule has 0 bridgehead atoms. The predicted molar refractivity (Wildman–Crippen MR) is 175 cm³/mol. The Labute approximate surface area is 236 Å². The van der Waals surface area contributed by atoms with Gasteiger partial charge in [0, 0.05) is 42.5 Å². The first-order valence-electron chi connectivity index (χ1n) is 13.1. The summed E-state index contributed by atoms with van der Waals surface area (Å²) in [6, 6.07) is 32.1. The number of allylic oxidation sites excluding steroid dienone is 3. The minimum atomic E-state index is 0.901. The zero-order chi connectivity index (χ0) is 27.6. The third-order valence-corrected chi connectivity index (χ3v) is 7.94. The molecule has 4 heteroatoms. The summed E-state index contributed by atoms with van der Waals surface area (Å²) in [5.74, 6) is 0. The van der Waals surface area contributed by atoms with Gasteiger partial charge in [-0.3, -0.25) is 4.98 Å². The normalized spacial score (nSPS) is 10.9. The zero-order valence-electron chi connectivity index (χ0n) is 22.3. The summed E-state index contributed by atoms with van der Waals surface area (Å²) < 4.78 is 11.3. The Hall–Kier alpha value is -4.93. The maximum absolute atomic E-state index is 6.40. The molecule has 0 unspecified atom stereocenters. The first-order valence-corrected chi connectivity index (χ1v) is 13.9. The first kappa shape index (κ1) is 25.4. The summed E-state index contributed by atoms with van der Waals surface area (Å²) in [6.45, 7) is 12.0. The highest BCUT2D eigenvalue weighted by Gasteiger charge is 2.19. The van der Waals surface area contributed by atoms with Gasteiger partial charge >= 0.3 is 0 Å². The number of pyridine rings is 1. The van der Waals surface area contributed by atoms with Gasteiger partial charge in [0.05, 0.1) is 22.2 Å². The summed E-state index contributed by atoms with van der Waals surface area (Å²) in [5.41, 5.74) is 6.09. The predicted octanol–water partition coefficient (Wildman–Crippen LogP) is 11.0. The van der Waals surface area contributed by atoms with Crippen LogP contribution in [0.25, 0.3) is 69.7 Å². The lowest BCUT2D eigenvalue weighted by atomic mass is 10.1. The van der Waals surface area contributed by atoms with Crippen LogP contribution in [-0.4, -0.2) is 9.55 Å². The van der Waals surface area contributed by atoms with E-state index in [0.717, 1.165) is 49.6 Å². The molecular formula is C36H28N2OS. The van der Waals surface area contributed by atoms with Gasteiger partial charge < -0.3 is 8.98 Å². The van der Waals surface area contributed by atoms with E-state index in [2.05, 4.69) is 97.1 Å². The highest BCUT2D eigenvalue weighted by molar-refractivity contribution is 7.25. The fraction of sp³-hybridized carbons (Fsp3) is 0.0278. The Morgan fingerprint density at radius 1 is 0.700 bits per heavy atom. The number of rotatable bonds is 2. The van der Waals surface area contributed by atoms with Crippen LogP contribution in [0, 0.1) is 0 Å². The molecule has 0 radical (unpaired) electrons. The van der Waals surface area contributed by atoms with Gasteiger partial charge in [-0.25, -0.2) is 0 Å². The molecule has 0 aliphatic rings. The molecule has 0 atom stereocenters. The van der Waals surface area contributed by atoms with Gasteiger partial charge in [-0.05, 0) is 49.4 Å². The molecule has 0 saturated heterocycles. The summed E-state index contributed by atoms with van der Waals surface area (Å²) in [6.07, 6.45) is 6.91. The maximum atomic E-state index is 6.40. The van der Waals surface area contributed by atoms with Crippen molar-refractivity contribution >= 4 is 75.4 Å². The quantitative estimate of drug-likeness (QED) is 0.162. The average molecular weight is 537 g/mol. The van der Waals surface area contributed by atoms with E-state index in [0.29, 0.717) is 0 Å². The minimum Gasteiger partial charge on any atom is -0.454 e. The molecule has 0 N–H and O–H groups in total. The first-order chi connectivity index (χ1) is 19.7. The molecule has 0 spiro atoms. The van der Waals surface area contributed by atoms with E-state index in [4.69, 9.17) is 9.40 Å². The number of para-hydroxylation sites is 2. The van der Waals surface area contributed by atoms with E-state index < -0.39 is 0 Å². The molecule has 0 fully saturated rings. The number of thiophene rings is 1. The molecule has 0 amide bonds.